The Morgan fingerprint density at radius 3 is 2.61 bits per heavy atom. The third-order valence-corrected chi connectivity index (χ3v) is 5.35. The summed E-state index contributed by atoms with van der Waals surface area (Å²) in [6, 6.07) is 12.9. The molecule has 4 rings (SSSR count). The molecule has 7 nitrogen and oxygen atoms in total. The summed E-state index contributed by atoms with van der Waals surface area (Å²) in [4.78, 5) is 40.1. The molecule has 3 amide bonds. The van der Waals surface area contributed by atoms with E-state index in [1.54, 1.807) is 4.90 Å². The number of nitrogens with two attached hydrogens (primary N) is 1. The molecule has 1 atom stereocenters. The van der Waals surface area contributed by atoms with Crippen molar-refractivity contribution in [2.24, 2.45) is 0 Å². The Balaban J connectivity index is 1.50. The molecule has 2 aliphatic heterocycles. The van der Waals surface area contributed by atoms with Crippen molar-refractivity contribution in [3.63, 3.8) is 0 Å². The van der Waals surface area contributed by atoms with Crippen molar-refractivity contribution in [1.82, 2.24) is 10.2 Å². The van der Waals surface area contributed by atoms with E-state index in [4.69, 9.17) is 5.73 Å². The number of hydrogen-bond acceptors (Lipinski definition) is 5. The minimum Gasteiger partial charge on any atom is -0.399 e. The second-order valence-electron chi connectivity index (χ2n) is 7.34. The van der Waals surface area contributed by atoms with Crippen LogP contribution < -0.4 is 16.0 Å². The Morgan fingerprint density at radius 2 is 1.89 bits per heavy atom. The smallest absolute Gasteiger partial charge is 0.255 e. The highest BCUT2D eigenvalue weighted by atomic mass is 16.2. The number of nitrogens with one attached hydrogen (secondary N) is 1. The molecule has 144 valence electrons. The van der Waals surface area contributed by atoms with Gasteiger partial charge >= 0.3 is 0 Å². The Morgan fingerprint density at radius 1 is 1.14 bits per heavy atom. The van der Waals surface area contributed by atoms with Crippen LogP contribution in [0.4, 0.5) is 11.4 Å². The topological polar surface area (TPSA) is 95.7 Å². The van der Waals surface area contributed by atoms with Crippen molar-refractivity contribution in [3.05, 3.63) is 59.2 Å². The van der Waals surface area contributed by atoms with Crippen molar-refractivity contribution < 1.29 is 14.4 Å². The molecule has 2 aromatic carbocycles. The number of amides is 3. The number of nitrogen functional groups attached to an aromatic ring is 1. The Hall–Kier alpha value is -3.35. The van der Waals surface area contributed by atoms with Crippen LogP contribution >= 0.6 is 0 Å². The van der Waals surface area contributed by atoms with Crippen LogP contribution in [-0.4, -0.2) is 35.7 Å². The maximum absolute atomic E-state index is 12.9. The van der Waals surface area contributed by atoms with Crippen LogP contribution in [0, 0.1) is 0 Å². The highest BCUT2D eigenvalue weighted by molar-refractivity contribution is 6.05. The number of imide groups is 1. The van der Waals surface area contributed by atoms with Gasteiger partial charge in [0.25, 0.3) is 5.91 Å². The van der Waals surface area contributed by atoms with E-state index in [1.807, 2.05) is 49.5 Å². The van der Waals surface area contributed by atoms with Gasteiger partial charge in [-0.05, 0) is 47.9 Å². The lowest BCUT2D eigenvalue weighted by molar-refractivity contribution is -0.136. The van der Waals surface area contributed by atoms with E-state index in [1.165, 1.54) is 0 Å². The van der Waals surface area contributed by atoms with Gasteiger partial charge in [0.15, 0.2) is 0 Å². The summed E-state index contributed by atoms with van der Waals surface area (Å²) in [6.45, 7) is 1.04. The first-order valence-electron chi connectivity index (χ1n) is 9.25. The largest absolute Gasteiger partial charge is 0.399 e. The first-order valence-corrected chi connectivity index (χ1v) is 9.25. The molecule has 0 aromatic heterocycles. The average molecular weight is 378 g/mol. The van der Waals surface area contributed by atoms with E-state index in [0.29, 0.717) is 30.8 Å². The van der Waals surface area contributed by atoms with Crippen molar-refractivity contribution in [2.75, 3.05) is 17.7 Å². The fraction of sp³-hybridized carbons (Fsp3) is 0.286. The zero-order valence-corrected chi connectivity index (χ0v) is 15.6. The molecular formula is C21H22N4O3. The zero-order chi connectivity index (χ0) is 19.8. The van der Waals surface area contributed by atoms with Crippen LogP contribution in [0.2, 0.25) is 0 Å². The van der Waals surface area contributed by atoms with Crippen molar-refractivity contribution in [1.29, 1.82) is 0 Å². The number of hydrogen-bond donors (Lipinski definition) is 2. The van der Waals surface area contributed by atoms with Crippen molar-refractivity contribution in [2.45, 2.75) is 32.0 Å². The molecule has 7 heteroatoms. The average Bonchev–Trinajstić information content (AvgIpc) is 2.98. The minimum absolute atomic E-state index is 0.151. The van der Waals surface area contributed by atoms with Gasteiger partial charge in [0.05, 0.1) is 0 Å². The van der Waals surface area contributed by atoms with Gasteiger partial charge in [0, 0.05) is 43.5 Å². The molecule has 2 aliphatic rings. The van der Waals surface area contributed by atoms with E-state index in [0.717, 1.165) is 16.8 Å². The summed E-state index contributed by atoms with van der Waals surface area (Å²) in [5.74, 6) is -0.819. The van der Waals surface area contributed by atoms with E-state index in [2.05, 4.69) is 10.2 Å². The predicted octanol–water partition coefficient (Wildman–Crippen LogP) is 1.67. The zero-order valence-electron chi connectivity index (χ0n) is 15.6. The molecule has 3 N–H and O–H groups in total. The first kappa shape index (κ1) is 18.0. The quantitative estimate of drug-likeness (QED) is 0.623. The second kappa shape index (κ2) is 6.99. The highest BCUT2D eigenvalue weighted by Gasteiger charge is 2.39. The predicted molar refractivity (Wildman–Crippen MR) is 105 cm³/mol. The van der Waals surface area contributed by atoms with Crippen LogP contribution in [0.5, 0.6) is 0 Å². The van der Waals surface area contributed by atoms with E-state index in [9.17, 15) is 14.4 Å². The monoisotopic (exact) mass is 378 g/mol. The van der Waals surface area contributed by atoms with Gasteiger partial charge in [-0.1, -0.05) is 12.1 Å². The summed E-state index contributed by atoms with van der Waals surface area (Å²) in [6.07, 6.45) is 0.630. The van der Waals surface area contributed by atoms with E-state index < -0.39 is 6.04 Å². The molecule has 1 fully saturated rings. The van der Waals surface area contributed by atoms with Crippen LogP contribution in [0.15, 0.2) is 42.5 Å². The van der Waals surface area contributed by atoms with E-state index in [-0.39, 0.29) is 24.1 Å². The lowest BCUT2D eigenvalue weighted by atomic mass is 10.0. The number of nitrogens with zero attached hydrogens (tertiary/aromatic N) is 2. The van der Waals surface area contributed by atoms with Gasteiger partial charge in [0.2, 0.25) is 11.8 Å². The van der Waals surface area contributed by atoms with Gasteiger partial charge in [-0.2, -0.15) is 0 Å². The molecule has 2 heterocycles. The van der Waals surface area contributed by atoms with Crippen molar-refractivity contribution in [3.8, 4) is 0 Å². The Bertz CT molecular complexity index is 955. The number of anilines is 2. The Kier molecular flexibility index (Phi) is 4.50. The third kappa shape index (κ3) is 3.31. The van der Waals surface area contributed by atoms with Crippen LogP contribution in [-0.2, 0) is 22.7 Å². The second-order valence-corrected chi connectivity index (χ2v) is 7.34. The lowest BCUT2D eigenvalue weighted by Gasteiger charge is -2.29. The van der Waals surface area contributed by atoms with Crippen LogP contribution in [0.25, 0.3) is 0 Å². The SMILES string of the molecule is CN(Cc1ccc2c(c1)C(=O)N(C1CCC(=O)NC1=O)C2)c1ccc(N)cc1. The third-order valence-electron chi connectivity index (χ3n) is 5.35. The minimum atomic E-state index is -0.585. The summed E-state index contributed by atoms with van der Waals surface area (Å²) in [5.41, 5.74) is 10.0. The summed E-state index contributed by atoms with van der Waals surface area (Å²) in [5, 5.41) is 2.33. The van der Waals surface area contributed by atoms with Gasteiger partial charge in [-0.3, -0.25) is 19.7 Å². The maximum Gasteiger partial charge on any atom is 0.255 e. The number of piperidine rings is 1. The molecule has 0 saturated carbocycles. The number of benzene rings is 2. The molecule has 0 aliphatic carbocycles. The maximum atomic E-state index is 12.9. The molecule has 0 bridgehead atoms. The molecular weight excluding hydrogens is 356 g/mol. The fourth-order valence-corrected chi connectivity index (χ4v) is 3.79. The van der Waals surface area contributed by atoms with Gasteiger partial charge in [-0.15, -0.1) is 0 Å². The van der Waals surface area contributed by atoms with Crippen molar-refractivity contribution >= 4 is 29.1 Å². The number of carbonyl (C=O) groups is 3. The summed E-state index contributed by atoms with van der Waals surface area (Å²) < 4.78 is 0. The standard InChI is InChI=1S/C21H22N4O3/c1-24(16-6-4-15(22)5-7-16)11-13-2-3-14-12-25(21(28)17(14)10-13)18-8-9-19(26)23-20(18)27/h2-7,10,18H,8-9,11-12,22H2,1H3,(H,23,26,27). The normalized spacial score (nSPS) is 18.8. The molecule has 2 aromatic rings. The highest BCUT2D eigenvalue weighted by Crippen LogP contribution is 2.29. The number of carbonyl (C=O) groups excluding carboxylic acids is 3. The van der Waals surface area contributed by atoms with Gasteiger partial charge in [0.1, 0.15) is 6.04 Å². The Labute approximate surface area is 163 Å². The molecule has 0 radical (unpaired) electrons. The number of rotatable bonds is 4. The lowest BCUT2D eigenvalue weighted by Crippen LogP contribution is -2.52. The van der Waals surface area contributed by atoms with Gasteiger partial charge < -0.3 is 15.5 Å². The molecule has 28 heavy (non-hydrogen) atoms. The fourth-order valence-electron chi connectivity index (χ4n) is 3.79. The summed E-state index contributed by atoms with van der Waals surface area (Å²) in [7, 11) is 1.98. The van der Waals surface area contributed by atoms with E-state index >= 15 is 0 Å². The van der Waals surface area contributed by atoms with Crippen LogP contribution in [0.3, 0.4) is 0 Å². The molecule has 1 unspecified atom stereocenters. The van der Waals surface area contributed by atoms with Crippen LogP contribution in [0.1, 0.15) is 34.3 Å². The molecule has 0 spiro atoms. The first-order chi connectivity index (χ1) is 13.4. The number of fused-ring (bicyclic) bond motifs is 1. The van der Waals surface area contributed by atoms with Gasteiger partial charge in [-0.25, -0.2) is 0 Å². The summed E-state index contributed by atoms with van der Waals surface area (Å²) >= 11 is 0. The molecule has 1 saturated heterocycles.